The van der Waals surface area contributed by atoms with Crippen LogP contribution in [0.3, 0.4) is 0 Å². The van der Waals surface area contributed by atoms with E-state index >= 15 is 0 Å². The lowest BCUT2D eigenvalue weighted by atomic mass is 9.92. The first-order valence-corrected chi connectivity index (χ1v) is 9.99. The Kier molecular flexibility index (Phi) is 5.29. The fourth-order valence-corrected chi connectivity index (χ4v) is 5.35. The number of hydrogen-bond acceptors (Lipinski definition) is 6. The average Bonchev–Trinajstić information content (AvgIpc) is 2.75. The second kappa shape index (κ2) is 7.20. The summed E-state index contributed by atoms with van der Waals surface area (Å²) in [4.78, 5) is 11.2. The summed E-state index contributed by atoms with van der Waals surface area (Å²) in [6.45, 7) is 0. The van der Waals surface area contributed by atoms with Crippen molar-refractivity contribution in [1.82, 2.24) is 15.3 Å². The molecule has 0 amide bonds. The quantitative estimate of drug-likeness (QED) is 0.920. The minimum absolute atomic E-state index is 0.439. The summed E-state index contributed by atoms with van der Waals surface area (Å²) in [6, 6.07) is 1.06. The van der Waals surface area contributed by atoms with E-state index in [-0.39, 0.29) is 0 Å². The van der Waals surface area contributed by atoms with Crippen molar-refractivity contribution >= 4 is 29.5 Å². The maximum atomic E-state index is 4.74. The highest BCUT2D eigenvalue weighted by molar-refractivity contribution is 8.03. The van der Waals surface area contributed by atoms with Crippen LogP contribution in [0.15, 0.2) is 6.20 Å². The first-order valence-electron chi connectivity index (χ1n) is 7.68. The third-order valence-corrected chi connectivity index (χ3v) is 6.54. The standard InChI is InChI=1S/C15H24N4S2/c1-19(2)15-16-8-12-13(4-3-5-14(12)18-15)17-11-9-20-6-7-21-10-11/h8,11,13,17H,3-7,9-10H2,1-2H3. The molecule has 0 aromatic carbocycles. The predicted octanol–water partition coefficient (Wildman–Crippen LogP) is 2.36. The summed E-state index contributed by atoms with van der Waals surface area (Å²) in [5, 5.41) is 3.87. The summed E-state index contributed by atoms with van der Waals surface area (Å²) in [5.41, 5.74) is 2.57. The van der Waals surface area contributed by atoms with Gasteiger partial charge in [0.25, 0.3) is 0 Å². The lowest BCUT2D eigenvalue weighted by Crippen LogP contribution is -2.38. The van der Waals surface area contributed by atoms with Gasteiger partial charge >= 0.3 is 0 Å². The van der Waals surface area contributed by atoms with Crippen molar-refractivity contribution in [3.63, 3.8) is 0 Å². The molecule has 1 saturated heterocycles. The molecule has 1 fully saturated rings. The highest BCUT2D eigenvalue weighted by Gasteiger charge is 2.25. The number of aryl methyl sites for hydroxylation is 1. The third kappa shape index (κ3) is 3.85. The van der Waals surface area contributed by atoms with Crippen LogP contribution in [0.5, 0.6) is 0 Å². The topological polar surface area (TPSA) is 41.1 Å². The van der Waals surface area contributed by atoms with Gasteiger partial charge in [-0.1, -0.05) is 0 Å². The van der Waals surface area contributed by atoms with Gasteiger partial charge in [-0.25, -0.2) is 9.97 Å². The van der Waals surface area contributed by atoms with E-state index in [0.717, 1.165) is 12.4 Å². The first kappa shape index (κ1) is 15.4. The molecular formula is C15H24N4S2. The van der Waals surface area contributed by atoms with E-state index in [1.54, 1.807) is 0 Å². The molecule has 0 saturated carbocycles. The summed E-state index contributed by atoms with van der Waals surface area (Å²) in [7, 11) is 4.00. The predicted molar refractivity (Wildman–Crippen MR) is 93.6 cm³/mol. The molecule has 4 nitrogen and oxygen atoms in total. The number of aromatic nitrogens is 2. The van der Waals surface area contributed by atoms with Crippen LogP contribution in [0.4, 0.5) is 5.95 Å². The third-order valence-electron chi connectivity index (χ3n) is 4.02. The molecule has 2 heterocycles. The molecule has 1 N–H and O–H groups in total. The molecule has 0 spiro atoms. The molecule has 1 unspecified atom stereocenters. The van der Waals surface area contributed by atoms with Crippen LogP contribution in [0.1, 0.15) is 30.1 Å². The normalized spacial score (nSPS) is 23.4. The Morgan fingerprint density at radius 3 is 2.71 bits per heavy atom. The number of anilines is 1. The maximum Gasteiger partial charge on any atom is 0.225 e. The Bertz CT molecular complexity index is 473. The Balaban J connectivity index is 1.73. The summed E-state index contributed by atoms with van der Waals surface area (Å²) < 4.78 is 0. The largest absolute Gasteiger partial charge is 0.347 e. The number of nitrogens with one attached hydrogen (secondary N) is 1. The van der Waals surface area contributed by atoms with Crippen LogP contribution < -0.4 is 10.2 Å². The Labute approximate surface area is 135 Å². The highest BCUT2D eigenvalue weighted by Crippen LogP contribution is 2.30. The number of nitrogens with zero attached hydrogens (tertiary/aromatic N) is 3. The van der Waals surface area contributed by atoms with Crippen LogP contribution in [0.25, 0.3) is 0 Å². The molecule has 1 aliphatic carbocycles. The van der Waals surface area contributed by atoms with Gasteiger partial charge in [0, 0.05) is 61.0 Å². The first-order chi connectivity index (χ1) is 10.2. The Hall–Kier alpha value is -0.460. The number of rotatable bonds is 3. The van der Waals surface area contributed by atoms with Gasteiger partial charge in [-0.15, -0.1) is 0 Å². The van der Waals surface area contributed by atoms with Crippen molar-refractivity contribution in [2.45, 2.75) is 31.3 Å². The van der Waals surface area contributed by atoms with Gasteiger partial charge in [-0.2, -0.15) is 23.5 Å². The molecule has 1 atom stereocenters. The van der Waals surface area contributed by atoms with Gasteiger partial charge in [-0.05, 0) is 19.3 Å². The molecule has 6 heteroatoms. The molecule has 2 aliphatic rings. The lowest BCUT2D eigenvalue weighted by molar-refractivity contribution is 0.423. The number of fused-ring (bicyclic) bond motifs is 1. The van der Waals surface area contributed by atoms with E-state index in [1.165, 1.54) is 47.1 Å². The molecule has 1 aromatic rings. The van der Waals surface area contributed by atoms with Gasteiger partial charge in [0.15, 0.2) is 0 Å². The van der Waals surface area contributed by atoms with E-state index in [9.17, 15) is 0 Å². The second-order valence-corrected chi connectivity index (χ2v) is 8.22. The van der Waals surface area contributed by atoms with E-state index in [4.69, 9.17) is 4.98 Å². The molecule has 116 valence electrons. The fraction of sp³-hybridized carbons (Fsp3) is 0.733. The molecule has 1 aliphatic heterocycles. The summed E-state index contributed by atoms with van der Waals surface area (Å²) >= 11 is 4.16. The minimum atomic E-state index is 0.439. The van der Waals surface area contributed by atoms with E-state index in [1.807, 2.05) is 25.2 Å². The number of hydrogen-bond donors (Lipinski definition) is 1. The van der Waals surface area contributed by atoms with Crippen molar-refractivity contribution < 1.29 is 0 Å². The lowest BCUT2D eigenvalue weighted by Gasteiger charge is -2.29. The van der Waals surface area contributed by atoms with Crippen LogP contribution in [-0.2, 0) is 6.42 Å². The highest BCUT2D eigenvalue weighted by atomic mass is 32.2. The molecule has 0 bridgehead atoms. The molecule has 21 heavy (non-hydrogen) atoms. The van der Waals surface area contributed by atoms with Gasteiger partial charge in [0.2, 0.25) is 5.95 Å². The van der Waals surface area contributed by atoms with Crippen molar-refractivity contribution in [1.29, 1.82) is 0 Å². The maximum absolute atomic E-state index is 4.74. The second-order valence-electron chi connectivity index (χ2n) is 5.92. The SMILES string of the molecule is CN(C)c1ncc2c(n1)CCCC2NC1CSCCSC1. The van der Waals surface area contributed by atoms with Gasteiger partial charge in [0.1, 0.15) is 0 Å². The fourth-order valence-electron chi connectivity index (χ4n) is 2.92. The molecule has 1 aromatic heterocycles. The monoisotopic (exact) mass is 324 g/mol. The van der Waals surface area contributed by atoms with E-state index in [2.05, 4.69) is 33.8 Å². The van der Waals surface area contributed by atoms with Crippen LogP contribution in [0.2, 0.25) is 0 Å². The van der Waals surface area contributed by atoms with Gasteiger partial charge in [0.05, 0.1) is 5.69 Å². The van der Waals surface area contributed by atoms with Crippen molar-refractivity contribution in [2.75, 3.05) is 42.0 Å². The zero-order chi connectivity index (χ0) is 14.7. The van der Waals surface area contributed by atoms with Gasteiger partial charge < -0.3 is 10.2 Å². The van der Waals surface area contributed by atoms with Crippen molar-refractivity contribution in [3.8, 4) is 0 Å². The minimum Gasteiger partial charge on any atom is -0.347 e. The van der Waals surface area contributed by atoms with Gasteiger partial charge in [-0.3, -0.25) is 0 Å². The molecular weight excluding hydrogens is 300 g/mol. The zero-order valence-electron chi connectivity index (χ0n) is 12.8. The van der Waals surface area contributed by atoms with Crippen molar-refractivity contribution in [3.05, 3.63) is 17.5 Å². The Morgan fingerprint density at radius 1 is 1.24 bits per heavy atom. The van der Waals surface area contributed by atoms with Crippen molar-refractivity contribution in [2.24, 2.45) is 0 Å². The average molecular weight is 325 g/mol. The van der Waals surface area contributed by atoms with Crippen LogP contribution in [0, 0.1) is 0 Å². The molecule has 3 rings (SSSR count). The zero-order valence-corrected chi connectivity index (χ0v) is 14.5. The molecule has 0 radical (unpaired) electrons. The van der Waals surface area contributed by atoms with E-state index in [0.29, 0.717) is 12.1 Å². The van der Waals surface area contributed by atoms with Crippen LogP contribution in [-0.4, -0.2) is 53.1 Å². The Morgan fingerprint density at radius 2 is 2.00 bits per heavy atom. The number of thioether (sulfide) groups is 2. The summed E-state index contributed by atoms with van der Waals surface area (Å²) in [5.74, 6) is 5.87. The smallest absolute Gasteiger partial charge is 0.225 e. The van der Waals surface area contributed by atoms with Crippen LogP contribution >= 0.6 is 23.5 Å². The van der Waals surface area contributed by atoms with E-state index < -0.39 is 0 Å². The summed E-state index contributed by atoms with van der Waals surface area (Å²) in [6.07, 6.45) is 5.57.